The Bertz CT molecular complexity index is 2480. The van der Waals surface area contributed by atoms with Crippen LogP contribution in [-0.4, -0.2) is 49.5 Å². The molecule has 0 amide bonds. The maximum Gasteiger partial charge on any atom is 0.151 e. The van der Waals surface area contributed by atoms with E-state index in [9.17, 15) is 8.78 Å². The molecule has 0 saturated heterocycles. The summed E-state index contributed by atoms with van der Waals surface area (Å²) in [6.07, 6.45) is 10.3. The first-order valence-corrected chi connectivity index (χ1v) is 15.5. The number of rotatable bonds is 6. The molecule has 2 N–H and O–H groups in total. The van der Waals surface area contributed by atoms with Crippen molar-refractivity contribution in [1.82, 2.24) is 49.5 Å². The average Bonchev–Trinajstić information content (AvgIpc) is 3.70. The predicted octanol–water partition coefficient (Wildman–Crippen LogP) is 7.23. The maximum absolute atomic E-state index is 14.1. The van der Waals surface area contributed by atoms with E-state index in [0.717, 1.165) is 56.2 Å². The van der Waals surface area contributed by atoms with Crippen LogP contribution < -0.4 is 10.6 Å². The van der Waals surface area contributed by atoms with Crippen molar-refractivity contribution in [3.8, 4) is 22.8 Å². The topological polar surface area (TPSA) is 137 Å². The largest absolute Gasteiger partial charge is 0.354 e. The summed E-state index contributed by atoms with van der Waals surface area (Å²) >= 11 is 0. The molecule has 8 aromatic rings. The molecule has 0 unspecified atom stereocenters. The minimum Gasteiger partial charge on any atom is -0.354 e. The molecule has 0 aliphatic heterocycles. The van der Waals surface area contributed by atoms with Crippen molar-refractivity contribution in [3.05, 3.63) is 121 Å². The highest BCUT2D eigenvalue weighted by Crippen LogP contribution is 2.28. The Balaban J connectivity index is 0.000000157. The van der Waals surface area contributed by atoms with Crippen molar-refractivity contribution in [2.24, 2.45) is 14.1 Å². The molecule has 0 saturated carbocycles. The number of nitrogens with one attached hydrogen (secondary N) is 2. The van der Waals surface area contributed by atoms with Gasteiger partial charge in [-0.05, 0) is 74.5 Å². The molecule has 8 heterocycles. The summed E-state index contributed by atoms with van der Waals surface area (Å²) in [5.74, 6) is -0.792. The molecule has 0 spiro atoms. The fourth-order valence-corrected chi connectivity index (χ4v) is 5.36. The normalized spacial score (nSPS) is 11.0. The third-order valence-electron chi connectivity index (χ3n) is 7.68. The van der Waals surface area contributed by atoms with Crippen molar-refractivity contribution in [2.75, 3.05) is 10.6 Å². The number of hydrogen-bond donors (Lipinski definition) is 2. The highest BCUT2D eigenvalue weighted by atomic mass is 19.1. The molecule has 8 rings (SSSR count). The molecule has 0 atom stereocenters. The minimum absolute atomic E-state index is 0.237. The quantitative estimate of drug-likeness (QED) is 0.187. The lowest BCUT2D eigenvalue weighted by Crippen LogP contribution is -1.99. The van der Waals surface area contributed by atoms with Crippen molar-refractivity contribution in [1.29, 1.82) is 0 Å². The Morgan fingerprint density at radius 2 is 1.16 bits per heavy atom. The van der Waals surface area contributed by atoms with E-state index in [1.807, 2.05) is 58.4 Å². The van der Waals surface area contributed by atoms with Crippen molar-refractivity contribution in [2.45, 2.75) is 13.8 Å². The summed E-state index contributed by atoms with van der Waals surface area (Å²) in [6, 6.07) is 17.0. The standard InChI is InChI=1S/2C18H15FN6/c1-11-3-4-13(19)17(22-11)15-9-12(5-7-20-15)23-14-6-8-21-16-10-25(2)24-18(14)16;1-11-3-4-13(19)17(23-11)15-9-12(5-7-20-15)24-14-6-8-21-16-10-22-25(2)18(14)16/h3-10H,1-2H3,(H,20,23);3-10H,1-2H3,(H,20,21,24). The average molecular weight is 669 g/mol. The summed E-state index contributed by atoms with van der Waals surface area (Å²) < 4.78 is 31.6. The SMILES string of the molecule is Cc1ccc(F)c(-c2cc(Nc3ccnc4cn(C)nc34)ccn2)n1.Cc1ccc(F)c(-c2cc(Nc3ccnc4cnn(C)c34)ccn2)n1. The van der Waals surface area contributed by atoms with Crippen LogP contribution in [0.15, 0.2) is 97.8 Å². The maximum atomic E-state index is 14.1. The zero-order valence-corrected chi connectivity index (χ0v) is 27.5. The van der Waals surface area contributed by atoms with Crippen LogP contribution in [0.5, 0.6) is 0 Å². The van der Waals surface area contributed by atoms with E-state index < -0.39 is 11.6 Å². The van der Waals surface area contributed by atoms with E-state index in [2.05, 4.69) is 50.7 Å². The number of aryl methyl sites for hydroxylation is 4. The first-order chi connectivity index (χ1) is 24.2. The zero-order chi connectivity index (χ0) is 34.8. The molecule has 0 aliphatic carbocycles. The number of pyridine rings is 6. The van der Waals surface area contributed by atoms with Gasteiger partial charge in [0.25, 0.3) is 0 Å². The van der Waals surface area contributed by atoms with Crippen LogP contribution in [0.1, 0.15) is 11.4 Å². The van der Waals surface area contributed by atoms with E-state index in [-0.39, 0.29) is 11.4 Å². The third-order valence-corrected chi connectivity index (χ3v) is 7.68. The molecule has 0 aliphatic rings. The van der Waals surface area contributed by atoms with Crippen LogP contribution in [0, 0.1) is 25.5 Å². The Kier molecular flexibility index (Phi) is 8.56. The van der Waals surface area contributed by atoms with E-state index in [1.165, 1.54) is 12.1 Å². The van der Waals surface area contributed by atoms with Gasteiger partial charge >= 0.3 is 0 Å². The summed E-state index contributed by atoms with van der Waals surface area (Å²) in [4.78, 5) is 25.6. The monoisotopic (exact) mass is 668 g/mol. The van der Waals surface area contributed by atoms with E-state index in [1.54, 1.807) is 64.6 Å². The number of hydrogen-bond acceptors (Lipinski definition) is 10. The van der Waals surface area contributed by atoms with Gasteiger partial charge in [0, 0.05) is 61.6 Å². The second kappa shape index (κ2) is 13.4. The van der Waals surface area contributed by atoms with Crippen LogP contribution in [0.25, 0.3) is 44.8 Å². The molecule has 0 fully saturated rings. The molecular formula is C36H30F2N12. The summed E-state index contributed by atoms with van der Waals surface area (Å²) in [7, 11) is 3.71. The van der Waals surface area contributed by atoms with Crippen molar-refractivity contribution < 1.29 is 8.78 Å². The van der Waals surface area contributed by atoms with Gasteiger partial charge in [0.05, 0.1) is 35.2 Å². The van der Waals surface area contributed by atoms with Crippen LogP contribution in [-0.2, 0) is 14.1 Å². The van der Waals surface area contributed by atoms with Crippen LogP contribution in [0.4, 0.5) is 31.5 Å². The van der Waals surface area contributed by atoms with Crippen molar-refractivity contribution >= 4 is 44.8 Å². The number of fused-ring (bicyclic) bond motifs is 2. The molecule has 14 heteroatoms. The van der Waals surface area contributed by atoms with Gasteiger partial charge in [-0.3, -0.25) is 29.3 Å². The van der Waals surface area contributed by atoms with Crippen LogP contribution in [0.3, 0.4) is 0 Å². The fourth-order valence-electron chi connectivity index (χ4n) is 5.36. The Labute approximate surface area is 285 Å². The van der Waals surface area contributed by atoms with Gasteiger partial charge in [-0.25, -0.2) is 18.7 Å². The van der Waals surface area contributed by atoms with Gasteiger partial charge in [-0.15, -0.1) is 0 Å². The highest BCUT2D eigenvalue weighted by molar-refractivity contribution is 5.90. The first-order valence-electron chi connectivity index (χ1n) is 15.5. The number of halogens is 2. The number of aromatic nitrogens is 10. The molecule has 0 aromatic carbocycles. The predicted molar refractivity (Wildman–Crippen MR) is 188 cm³/mol. The second-order valence-electron chi connectivity index (χ2n) is 11.4. The Morgan fingerprint density at radius 1 is 0.620 bits per heavy atom. The lowest BCUT2D eigenvalue weighted by molar-refractivity contribution is 0.623. The van der Waals surface area contributed by atoms with Crippen LogP contribution in [0.2, 0.25) is 0 Å². The minimum atomic E-state index is -0.397. The second-order valence-corrected chi connectivity index (χ2v) is 11.4. The summed E-state index contributed by atoms with van der Waals surface area (Å²) in [5, 5.41) is 15.3. The Morgan fingerprint density at radius 3 is 1.78 bits per heavy atom. The smallest absolute Gasteiger partial charge is 0.151 e. The highest BCUT2D eigenvalue weighted by Gasteiger charge is 2.13. The molecular weight excluding hydrogens is 638 g/mol. The molecule has 248 valence electrons. The number of nitrogens with zero attached hydrogens (tertiary/aromatic N) is 10. The lowest BCUT2D eigenvalue weighted by atomic mass is 10.2. The first kappa shape index (κ1) is 31.9. The van der Waals surface area contributed by atoms with Gasteiger partial charge in [0.15, 0.2) is 11.6 Å². The summed E-state index contributed by atoms with van der Waals surface area (Å²) in [5.41, 5.74) is 9.38. The van der Waals surface area contributed by atoms with Gasteiger partial charge < -0.3 is 10.6 Å². The van der Waals surface area contributed by atoms with Gasteiger partial charge in [0.1, 0.15) is 33.5 Å². The molecule has 50 heavy (non-hydrogen) atoms. The van der Waals surface area contributed by atoms with E-state index in [4.69, 9.17) is 0 Å². The van der Waals surface area contributed by atoms with Gasteiger partial charge in [-0.1, -0.05) is 0 Å². The zero-order valence-electron chi connectivity index (χ0n) is 27.5. The Hall–Kier alpha value is -6.70. The third kappa shape index (κ3) is 6.67. The molecule has 0 radical (unpaired) electrons. The van der Waals surface area contributed by atoms with Crippen molar-refractivity contribution in [3.63, 3.8) is 0 Å². The molecule has 12 nitrogen and oxygen atoms in total. The summed E-state index contributed by atoms with van der Waals surface area (Å²) in [6.45, 7) is 3.64. The number of anilines is 4. The van der Waals surface area contributed by atoms with Crippen LogP contribution >= 0.6 is 0 Å². The van der Waals surface area contributed by atoms with Gasteiger partial charge in [0.2, 0.25) is 0 Å². The molecule has 8 aromatic heterocycles. The van der Waals surface area contributed by atoms with E-state index in [0.29, 0.717) is 11.4 Å². The fraction of sp³-hybridized carbons (Fsp3) is 0.111. The van der Waals surface area contributed by atoms with E-state index >= 15 is 0 Å². The lowest BCUT2D eigenvalue weighted by Gasteiger charge is -2.10. The van der Waals surface area contributed by atoms with Gasteiger partial charge in [-0.2, -0.15) is 10.2 Å². The molecule has 0 bridgehead atoms.